The first-order chi connectivity index (χ1) is 9.20. The molecule has 1 aliphatic heterocycles. The van der Waals surface area contributed by atoms with E-state index in [-0.39, 0.29) is 34.4 Å². The van der Waals surface area contributed by atoms with Crippen LogP contribution in [0, 0.1) is 0 Å². The molecule has 7 heteroatoms. The van der Waals surface area contributed by atoms with Crippen LogP contribution in [0.1, 0.15) is 39.5 Å². The van der Waals surface area contributed by atoms with E-state index in [1.165, 1.54) is 25.7 Å². The van der Waals surface area contributed by atoms with Crippen molar-refractivity contribution in [1.82, 2.24) is 0 Å². The van der Waals surface area contributed by atoms with Gasteiger partial charge in [0.2, 0.25) is 0 Å². The molecule has 2 radical (unpaired) electrons. The SMILES string of the molecule is CCC[CH2][Sn][CH2]CCC.O=C1COCC(=O)OSO1. The number of rotatable bonds is 6. The predicted molar refractivity (Wildman–Crippen MR) is 75.8 cm³/mol. The Kier molecular flexibility index (Phi) is 14.5. The molecule has 0 aliphatic carbocycles. The molecule has 110 valence electrons. The molecule has 0 bridgehead atoms. The monoisotopic (exact) mass is 398 g/mol. The van der Waals surface area contributed by atoms with Gasteiger partial charge in [0, 0.05) is 0 Å². The molecule has 0 atom stereocenters. The molecule has 0 N–H and O–H groups in total. The third-order valence-electron chi connectivity index (χ3n) is 2.11. The summed E-state index contributed by atoms with van der Waals surface area (Å²) in [6.45, 7) is 4.17. The van der Waals surface area contributed by atoms with Gasteiger partial charge in [-0.05, 0) is 0 Å². The topological polar surface area (TPSA) is 61.8 Å². The van der Waals surface area contributed by atoms with E-state index in [0.29, 0.717) is 12.3 Å². The van der Waals surface area contributed by atoms with Crippen LogP contribution in [-0.4, -0.2) is 46.3 Å². The third kappa shape index (κ3) is 14.3. The first kappa shape index (κ1) is 19.0. The minimum Gasteiger partial charge on any atom is -0.358 e. The van der Waals surface area contributed by atoms with E-state index in [1.807, 2.05) is 0 Å². The average Bonchev–Trinajstić information content (AvgIpc) is 2.37. The fourth-order valence-electron chi connectivity index (χ4n) is 1.09. The van der Waals surface area contributed by atoms with Crippen molar-refractivity contribution in [3.8, 4) is 0 Å². The van der Waals surface area contributed by atoms with Crippen LogP contribution in [0.25, 0.3) is 0 Å². The van der Waals surface area contributed by atoms with Gasteiger partial charge in [0.15, 0.2) is 0 Å². The summed E-state index contributed by atoms with van der Waals surface area (Å²) in [5.41, 5.74) is 0. The van der Waals surface area contributed by atoms with Crippen molar-refractivity contribution in [2.45, 2.75) is 48.4 Å². The number of carbonyl (C=O) groups excluding carboxylic acids is 2. The molecule has 5 nitrogen and oxygen atoms in total. The fraction of sp³-hybridized carbons (Fsp3) is 0.833. The number of ether oxygens (including phenoxy) is 1. The van der Waals surface area contributed by atoms with Crippen molar-refractivity contribution in [2.24, 2.45) is 0 Å². The summed E-state index contributed by atoms with van der Waals surface area (Å²) in [6, 6.07) is 0. The summed E-state index contributed by atoms with van der Waals surface area (Å²) in [5, 5.41) is 0. The molecule has 0 aromatic carbocycles. The quantitative estimate of drug-likeness (QED) is 0.390. The second-order valence-electron chi connectivity index (χ2n) is 3.93. The Balaban J connectivity index is 0.000000344. The molecule has 1 saturated heterocycles. The molecule has 1 heterocycles. The van der Waals surface area contributed by atoms with Gasteiger partial charge in [-0.25, -0.2) is 9.59 Å². The van der Waals surface area contributed by atoms with Crippen LogP contribution in [0.5, 0.6) is 0 Å². The van der Waals surface area contributed by atoms with Gasteiger partial charge in [-0.1, -0.05) is 0 Å². The minimum absolute atomic E-state index is 0.149. The summed E-state index contributed by atoms with van der Waals surface area (Å²) < 4.78 is 16.3. The maximum absolute atomic E-state index is 10.4. The van der Waals surface area contributed by atoms with Crippen molar-refractivity contribution < 1.29 is 22.7 Å². The molecule has 0 amide bonds. The van der Waals surface area contributed by atoms with Gasteiger partial charge in [0.05, 0.1) is 0 Å². The standard InChI is InChI=1S/C4H4O5S.2C4H9.Sn/c5-3-1-7-2-4(6)9-10-8-3;2*1-3-4-2;/h1-2H2;2*1,3-4H2,2H3;. The molecule has 1 fully saturated rings. The second-order valence-corrected chi connectivity index (χ2v) is 8.68. The second kappa shape index (κ2) is 14.5. The molecule has 0 saturated carbocycles. The van der Waals surface area contributed by atoms with Crippen LogP contribution in [0.4, 0.5) is 0 Å². The summed E-state index contributed by atoms with van der Waals surface area (Å²) in [6.07, 6.45) is 5.84. The summed E-state index contributed by atoms with van der Waals surface area (Å²) in [4.78, 5) is 20.8. The van der Waals surface area contributed by atoms with Crippen molar-refractivity contribution in [3.63, 3.8) is 0 Å². The molecule has 19 heavy (non-hydrogen) atoms. The van der Waals surface area contributed by atoms with Gasteiger partial charge in [-0.2, -0.15) is 0 Å². The molecular formula is C12H22O5SSn. The van der Waals surface area contributed by atoms with Crippen LogP contribution in [0.15, 0.2) is 0 Å². The van der Waals surface area contributed by atoms with Gasteiger partial charge in [0.1, 0.15) is 13.2 Å². The van der Waals surface area contributed by atoms with Crippen LogP contribution < -0.4 is 0 Å². The first-order valence-corrected chi connectivity index (χ1v) is 11.3. The number of carbonyl (C=O) groups is 2. The van der Waals surface area contributed by atoms with E-state index < -0.39 is 11.9 Å². The Bertz CT molecular complexity index is 214. The van der Waals surface area contributed by atoms with Gasteiger partial charge < -0.3 is 13.1 Å². The maximum Gasteiger partial charge on any atom is 0.346 e. The summed E-state index contributed by atoms with van der Waals surface area (Å²) in [7, 11) is 0. The number of hydrogen-bond acceptors (Lipinski definition) is 6. The fourth-order valence-corrected chi connectivity index (χ4v) is 5.53. The van der Waals surface area contributed by atoms with E-state index >= 15 is 0 Å². The van der Waals surface area contributed by atoms with E-state index in [4.69, 9.17) is 0 Å². The molecule has 0 aromatic rings. The van der Waals surface area contributed by atoms with Crippen LogP contribution in [0.3, 0.4) is 0 Å². The smallest absolute Gasteiger partial charge is 0.346 e. The number of hydrogen-bond donors (Lipinski definition) is 0. The Morgan fingerprint density at radius 2 is 1.47 bits per heavy atom. The molecule has 1 aliphatic rings. The van der Waals surface area contributed by atoms with E-state index in [2.05, 4.69) is 27.0 Å². The zero-order valence-corrected chi connectivity index (χ0v) is 15.3. The summed E-state index contributed by atoms with van der Waals surface area (Å²) in [5.74, 6) is -1.12. The van der Waals surface area contributed by atoms with Crippen LogP contribution in [-0.2, 0) is 22.7 Å². The number of unbranched alkanes of at least 4 members (excludes halogenated alkanes) is 2. The minimum atomic E-state index is -0.558. The van der Waals surface area contributed by atoms with Gasteiger partial charge in [0.25, 0.3) is 12.3 Å². The van der Waals surface area contributed by atoms with Crippen LogP contribution in [0.2, 0.25) is 8.87 Å². The van der Waals surface area contributed by atoms with E-state index in [1.54, 1.807) is 8.87 Å². The van der Waals surface area contributed by atoms with Crippen molar-refractivity contribution >= 4 is 45.4 Å². The molecule has 0 spiro atoms. The first-order valence-electron chi connectivity index (χ1n) is 6.56. The zero-order chi connectivity index (χ0) is 14.3. The Morgan fingerprint density at radius 1 is 1.00 bits per heavy atom. The molecule has 0 unspecified atom stereocenters. The maximum atomic E-state index is 10.4. The van der Waals surface area contributed by atoms with Gasteiger partial charge >= 0.3 is 81.5 Å². The molecule has 1 rings (SSSR count). The van der Waals surface area contributed by atoms with E-state index in [0.717, 1.165) is 0 Å². The van der Waals surface area contributed by atoms with Crippen molar-refractivity contribution in [2.75, 3.05) is 13.2 Å². The predicted octanol–water partition coefficient (Wildman–Crippen LogP) is 2.79. The zero-order valence-electron chi connectivity index (χ0n) is 11.6. The Morgan fingerprint density at radius 3 is 1.89 bits per heavy atom. The summed E-state index contributed by atoms with van der Waals surface area (Å²) >= 11 is 0.516. The van der Waals surface area contributed by atoms with Crippen LogP contribution >= 0.6 is 12.3 Å². The van der Waals surface area contributed by atoms with Gasteiger partial charge in [-0.15, -0.1) is 0 Å². The Hall–Kier alpha value is 0.0487. The Labute approximate surface area is 129 Å². The van der Waals surface area contributed by atoms with Gasteiger partial charge in [-0.3, -0.25) is 0 Å². The van der Waals surface area contributed by atoms with E-state index in [9.17, 15) is 9.59 Å². The molecular weight excluding hydrogens is 375 g/mol. The average molecular weight is 397 g/mol. The largest absolute Gasteiger partial charge is 0.358 e. The van der Waals surface area contributed by atoms with Crippen molar-refractivity contribution in [3.05, 3.63) is 0 Å². The normalized spacial score (nSPS) is 15.5. The molecule has 0 aromatic heterocycles. The van der Waals surface area contributed by atoms with Crippen molar-refractivity contribution in [1.29, 1.82) is 0 Å². The third-order valence-corrected chi connectivity index (χ3v) is 6.65.